The van der Waals surface area contributed by atoms with Crippen LogP contribution >= 0.6 is 0 Å². The maximum absolute atomic E-state index is 13.4. The van der Waals surface area contributed by atoms with Crippen molar-refractivity contribution in [1.29, 1.82) is 5.26 Å². The van der Waals surface area contributed by atoms with Crippen molar-refractivity contribution in [3.05, 3.63) is 76.6 Å². The van der Waals surface area contributed by atoms with E-state index in [1.165, 1.54) is 7.11 Å². The maximum atomic E-state index is 13.4. The Balaban J connectivity index is 1.88. The summed E-state index contributed by atoms with van der Waals surface area (Å²) in [5, 5.41) is 15.7. The molecule has 0 radical (unpaired) electrons. The number of benzene rings is 2. The number of anilines is 1. The molecule has 0 saturated heterocycles. The molecule has 1 aromatic heterocycles. The van der Waals surface area contributed by atoms with Crippen LogP contribution in [0.25, 0.3) is 11.1 Å². The van der Waals surface area contributed by atoms with Crippen molar-refractivity contribution in [2.75, 3.05) is 33.1 Å². The number of carbonyl (C=O) groups is 2. The van der Waals surface area contributed by atoms with Crippen LogP contribution in [-0.2, 0) is 5.41 Å². The molecule has 1 heterocycles. The number of carbonyl (C=O) groups excluding carboxylic acids is 2. The predicted octanol–water partition coefficient (Wildman–Crippen LogP) is 5.56. The van der Waals surface area contributed by atoms with Gasteiger partial charge in [-0.05, 0) is 81.7 Å². The van der Waals surface area contributed by atoms with Gasteiger partial charge in [0, 0.05) is 28.9 Å². The van der Waals surface area contributed by atoms with Gasteiger partial charge in [0.05, 0.1) is 30.1 Å². The van der Waals surface area contributed by atoms with Crippen LogP contribution in [0.3, 0.4) is 0 Å². The Morgan fingerprint density at radius 1 is 1.02 bits per heavy atom. The van der Waals surface area contributed by atoms with Crippen LogP contribution in [0.15, 0.2) is 48.7 Å². The van der Waals surface area contributed by atoms with Crippen LogP contribution < -0.4 is 15.4 Å². The molecule has 0 spiro atoms. The van der Waals surface area contributed by atoms with E-state index < -0.39 is 5.91 Å². The minimum atomic E-state index is -0.400. The van der Waals surface area contributed by atoms with E-state index in [4.69, 9.17) is 4.74 Å². The van der Waals surface area contributed by atoms with E-state index in [9.17, 15) is 14.9 Å². The highest BCUT2D eigenvalue weighted by atomic mass is 16.5. The molecule has 0 aliphatic rings. The van der Waals surface area contributed by atoms with Gasteiger partial charge in [0.25, 0.3) is 11.8 Å². The van der Waals surface area contributed by atoms with E-state index in [-0.39, 0.29) is 28.2 Å². The Bertz CT molecular complexity index is 1450. The van der Waals surface area contributed by atoms with Gasteiger partial charge in [-0.3, -0.25) is 14.6 Å². The summed E-state index contributed by atoms with van der Waals surface area (Å²) in [5.41, 5.74) is 4.32. The molecule has 0 aliphatic heterocycles. The van der Waals surface area contributed by atoms with Gasteiger partial charge in [0.2, 0.25) is 0 Å². The van der Waals surface area contributed by atoms with E-state index in [2.05, 4.69) is 21.7 Å². The largest absolute Gasteiger partial charge is 0.495 e. The first-order chi connectivity index (χ1) is 18.6. The van der Waals surface area contributed by atoms with Gasteiger partial charge in [-0.15, -0.1) is 0 Å². The number of methoxy groups -OCH3 is 1. The first-order valence-corrected chi connectivity index (χ1v) is 13.1. The number of rotatable bonds is 8. The molecule has 0 unspecified atom stereocenters. The van der Waals surface area contributed by atoms with Gasteiger partial charge in [0.15, 0.2) is 0 Å². The fourth-order valence-corrected chi connectivity index (χ4v) is 4.64. The lowest BCUT2D eigenvalue weighted by molar-refractivity contribution is 0.0899. The molecule has 0 aliphatic carbocycles. The van der Waals surface area contributed by atoms with Crippen LogP contribution in [0.4, 0.5) is 5.69 Å². The molecule has 2 N–H and O–H groups in total. The quantitative estimate of drug-likeness (QED) is 0.387. The van der Waals surface area contributed by atoms with Crippen molar-refractivity contribution in [2.24, 2.45) is 0 Å². The van der Waals surface area contributed by atoms with Gasteiger partial charge < -0.3 is 20.3 Å². The molecule has 0 bridgehead atoms. The summed E-state index contributed by atoms with van der Waals surface area (Å²) >= 11 is 0. The van der Waals surface area contributed by atoms with Crippen molar-refractivity contribution >= 4 is 17.5 Å². The predicted molar refractivity (Wildman–Crippen MR) is 159 cm³/mol. The second-order valence-corrected chi connectivity index (χ2v) is 11.9. The normalized spacial score (nSPS) is 11.6. The molecule has 0 fully saturated rings. The average Bonchev–Trinajstić information content (AvgIpc) is 2.87. The number of hydrogen-bond donors (Lipinski definition) is 2. The highest BCUT2D eigenvalue weighted by Crippen LogP contribution is 2.32. The molecule has 8 heteroatoms. The standard InChI is InChI=1S/C32H39N5O3/c1-20-26(21-10-12-22(13-11-21)29(38)36-32(5,6)19-37(7)8)16-25(18-34-20)35-30(39)27-15-24(31(2,3)4)14-23(17-33)28(27)40-9/h10-16,18H,19H2,1-9H3,(H,35,39)(H,36,38). The number of nitrogens with one attached hydrogen (secondary N) is 2. The third kappa shape index (κ3) is 7.25. The summed E-state index contributed by atoms with van der Waals surface area (Å²) in [7, 11) is 5.39. The van der Waals surface area contributed by atoms with E-state index >= 15 is 0 Å². The number of pyridine rings is 1. The summed E-state index contributed by atoms with van der Waals surface area (Å²) in [4.78, 5) is 32.7. The Labute approximate surface area is 237 Å². The van der Waals surface area contributed by atoms with Gasteiger partial charge in [-0.25, -0.2) is 0 Å². The molecule has 2 aromatic carbocycles. The van der Waals surface area contributed by atoms with Crippen molar-refractivity contribution in [3.63, 3.8) is 0 Å². The highest BCUT2D eigenvalue weighted by molar-refractivity contribution is 6.07. The van der Waals surface area contributed by atoms with Crippen LogP contribution in [0.1, 0.15) is 72.2 Å². The van der Waals surface area contributed by atoms with Crippen LogP contribution in [-0.4, -0.2) is 55.0 Å². The molecule has 40 heavy (non-hydrogen) atoms. The number of ether oxygens (including phenoxy) is 1. The van der Waals surface area contributed by atoms with E-state index in [0.29, 0.717) is 23.4 Å². The zero-order valence-electron chi connectivity index (χ0n) is 24.9. The monoisotopic (exact) mass is 541 g/mol. The van der Waals surface area contributed by atoms with E-state index in [1.54, 1.807) is 30.5 Å². The smallest absolute Gasteiger partial charge is 0.259 e. The molecule has 8 nitrogen and oxygen atoms in total. The number of amides is 2. The molecular formula is C32H39N5O3. The zero-order chi connectivity index (χ0) is 29.8. The lowest BCUT2D eigenvalue weighted by atomic mass is 9.84. The van der Waals surface area contributed by atoms with Crippen LogP contribution in [0, 0.1) is 18.3 Å². The minimum absolute atomic E-state index is 0.141. The van der Waals surface area contributed by atoms with Gasteiger partial charge >= 0.3 is 0 Å². The lowest BCUT2D eigenvalue weighted by Crippen LogP contribution is -2.49. The molecule has 3 aromatic rings. The molecule has 0 saturated carbocycles. The Morgan fingerprint density at radius 2 is 1.68 bits per heavy atom. The number of nitriles is 1. The Hall–Kier alpha value is -4.22. The molecule has 210 valence electrons. The van der Waals surface area contributed by atoms with Crippen LogP contribution in [0.5, 0.6) is 5.75 Å². The number of aryl methyl sites for hydroxylation is 1. The fraction of sp³-hybridized carbons (Fsp3) is 0.375. The highest BCUT2D eigenvalue weighted by Gasteiger charge is 2.24. The lowest BCUT2D eigenvalue weighted by Gasteiger charge is -2.29. The Kier molecular flexibility index (Phi) is 9.01. The molecule has 2 amide bonds. The van der Waals surface area contributed by atoms with Gasteiger partial charge in [-0.2, -0.15) is 5.26 Å². The number of hydrogen-bond acceptors (Lipinski definition) is 6. The maximum Gasteiger partial charge on any atom is 0.259 e. The SMILES string of the molecule is COc1c(C#N)cc(C(C)(C)C)cc1C(=O)Nc1cnc(C)c(-c2ccc(C(=O)NC(C)(C)CN(C)C)cc2)c1. The average molecular weight is 542 g/mol. The first kappa shape index (κ1) is 30.3. The van der Waals surface area contributed by atoms with Crippen molar-refractivity contribution in [1.82, 2.24) is 15.2 Å². The Morgan fingerprint density at radius 3 is 2.23 bits per heavy atom. The van der Waals surface area contributed by atoms with Crippen molar-refractivity contribution in [3.8, 4) is 22.9 Å². The van der Waals surface area contributed by atoms with Crippen molar-refractivity contribution < 1.29 is 14.3 Å². The van der Waals surface area contributed by atoms with Gasteiger partial charge in [-0.1, -0.05) is 32.9 Å². The summed E-state index contributed by atoms with van der Waals surface area (Å²) in [6.45, 7) is 12.6. The topological polar surface area (TPSA) is 107 Å². The second-order valence-electron chi connectivity index (χ2n) is 11.9. The van der Waals surface area contributed by atoms with E-state index in [0.717, 1.165) is 22.4 Å². The zero-order valence-corrected chi connectivity index (χ0v) is 24.9. The summed E-state index contributed by atoms with van der Waals surface area (Å²) in [6.07, 6.45) is 1.59. The van der Waals surface area contributed by atoms with Gasteiger partial charge in [0.1, 0.15) is 11.8 Å². The molecule has 0 atom stereocenters. The third-order valence-corrected chi connectivity index (χ3v) is 6.49. The fourth-order valence-electron chi connectivity index (χ4n) is 4.64. The second kappa shape index (κ2) is 11.9. The van der Waals surface area contributed by atoms with Crippen LogP contribution in [0.2, 0.25) is 0 Å². The molecule has 3 rings (SSSR count). The molecular weight excluding hydrogens is 502 g/mol. The number of aromatic nitrogens is 1. The minimum Gasteiger partial charge on any atom is -0.495 e. The number of nitrogens with zero attached hydrogens (tertiary/aromatic N) is 3. The summed E-state index contributed by atoms with van der Waals surface area (Å²) in [5.74, 6) is -0.309. The summed E-state index contributed by atoms with van der Waals surface area (Å²) in [6, 6.07) is 14.8. The van der Waals surface area contributed by atoms with Crippen molar-refractivity contribution in [2.45, 2.75) is 52.5 Å². The first-order valence-electron chi connectivity index (χ1n) is 13.1. The third-order valence-electron chi connectivity index (χ3n) is 6.49. The summed E-state index contributed by atoms with van der Waals surface area (Å²) < 4.78 is 5.45. The number of likely N-dealkylation sites (N-methyl/N-ethyl adjacent to an activating group) is 1. The van der Waals surface area contributed by atoms with E-state index in [1.807, 2.05) is 78.7 Å².